The van der Waals surface area contributed by atoms with Crippen molar-refractivity contribution in [3.8, 4) is 5.75 Å². The van der Waals surface area contributed by atoms with E-state index < -0.39 is 4.92 Å². The zero-order valence-electron chi connectivity index (χ0n) is 10.7. The number of halogens is 1. The van der Waals surface area contributed by atoms with Crippen LogP contribution in [-0.2, 0) is 0 Å². The van der Waals surface area contributed by atoms with Crippen LogP contribution in [0, 0.1) is 10.1 Å². The summed E-state index contributed by atoms with van der Waals surface area (Å²) in [5.41, 5.74) is 0.769. The van der Waals surface area contributed by atoms with E-state index in [1.54, 1.807) is 18.2 Å². The number of nitro groups is 1. The summed E-state index contributed by atoms with van der Waals surface area (Å²) in [6.45, 7) is 0. The van der Waals surface area contributed by atoms with Gasteiger partial charge in [-0.1, -0.05) is 29.8 Å². The molecule has 2 aromatic carbocycles. The monoisotopic (exact) mass is 303 g/mol. The Balaban J connectivity index is 2.18. The van der Waals surface area contributed by atoms with Crippen LogP contribution in [0.25, 0.3) is 6.08 Å². The van der Waals surface area contributed by atoms with Gasteiger partial charge < -0.3 is 5.11 Å². The van der Waals surface area contributed by atoms with Crippen LogP contribution in [0.3, 0.4) is 0 Å². The number of aromatic hydroxyl groups is 1. The first-order valence-corrected chi connectivity index (χ1v) is 6.30. The van der Waals surface area contributed by atoms with Gasteiger partial charge in [0.15, 0.2) is 5.78 Å². The minimum atomic E-state index is -0.608. The normalized spacial score (nSPS) is 10.7. The second-order valence-electron chi connectivity index (χ2n) is 4.21. The number of phenolic OH excluding ortho intramolecular Hbond substituents is 1. The molecule has 6 heteroatoms. The van der Waals surface area contributed by atoms with Crippen LogP contribution in [0.2, 0.25) is 5.02 Å². The van der Waals surface area contributed by atoms with Crippen LogP contribution in [0.4, 0.5) is 5.69 Å². The molecule has 2 aromatic rings. The van der Waals surface area contributed by atoms with E-state index in [1.807, 2.05) is 0 Å². The van der Waals surface area contributed by atoms with Crippen LogP contribution in [0.15, 0.2) is 48.5 Å². The van der Waals surface area contributed by atoms with Crippen molar-refractivity contribution in [1.82, 2.24) is 0 Å². The van der Waals surface area contributed by atoms with E-state index in [0.29, 0.717) is 0 Å². The Labute approximate surface area is 125 Å². The Kier molecular flexibility index (Phi) is 4.35. The molecule has 0 radical (unpaired) electrons. The van der Waals surface area contributed by atoms with E-state index >= 15 is 0 Å². The maximum absolute atomic E-state index is 12.0. The minimum absolute atomic E-state index is 0.0797. The molecule has 1 N–H and O–H groups in total. The van der Waals surface area contributed by atoms with Gasteiger partial charge in [-0.05, 0) is 35.9 Å². The van der Waals surface area contributed by atoms with Gasteiger partial charge in [0.1, 0.15) is 10.8 Å². The van der Waals surface area contributed by atoms with Gasteiger partial charge in [-0.2, -0.15) is 0 Å². The smallest absolute Gasteiger partial charge is 0.287 e. The zero-order chi connectivity index (χ0) is 15.4. The fourth-order valence-corrected chi connectivity index (χ4v) is 1.91. The Hall–Kier alpha value is -2.66. The molecule has 2 rings (SSSR count). The molecule has 0 fully saturated rings. The Morgan fingerprint density at radius 3 is 2.43 bits per heavy atom. The third-order valence-corrected chi connectivity index (χ3v) is 3.05. The van der Waals surface area contributed by atoms with E-state index in [1.165, 1.54) is 36.4 Å². The second kappa shape index (κ2) is 6.19. The van der Waals surface area contributed by atoms with Crippen molar-refractivity contribution >= 4 is 29.1 Å². The molecule has 21 heavy (non-hydrogen) atoms. The van der Waals surface area contributed by atoms with Gasteiger partial charge in [-0.3, -0.25) is 14.9 Å². The summed E-state index contributed by atoms with van der Waals surface area (Å²) < 4.78 is 0. The van der Waals surface area contributed by atoms with Crippen molar-refractivity contribution in [3.63, 3.8) is 0 Å². The average Bonchev–Trinajstić information content (AvgIpc) is 2.45. The minimum Gasteiger partial charge on any atom is -0.508 e. The lowest BCUT2D eigenvalue weighted by atomic mass is 10.1. The van der Waals surface area contributed by atoms with Gasteiger partial charge in [0, 0.05) is 11.6 Å². The highest BCUT2D eigenvalue weighted by Crippen LogP contribution is 2.25. The quantitative estimate of drug-likeness (QED) is 0.402. The van der Waals surface area contributed by atoms with Crippen LogP contribution in [0.1, 0.15) is 15.9 Å². The first-order chi connectivity index (χ1) is 9.97. The lowest BCUT2D eigenvalue weighted by Crippen LogP contribution is -1.96. The number of hydrogen-bond donors (Lipinski definition) is 1. The molecule has 0 amide bonds. The molecule has 0 atom stereocenters. The lowest BCUT2D eigenvalue weighted by molar-refractivity contribution is -0.384. The molecule has 0 aliphatic heterocycles. The SMILES string of the molecule is O=C(C=Cc1ccc(O)cc1)c1ccc([N+](=O)[O-])c(Cl)c1. The average molecular weight is 304 g/mol. The molecule has 5 nitrogen and oxygen atoms in total. The Morgan fingerprint density at radius 2 is 1.86 bits per heavy atom. The van der Waals surface area contributed by atoms with Crippen molar-refractivity contribution in [2.75, 3.05) is 0 Å². The number of rotatable bonds is 4. The highest BCUT2D eigenvalue weighted by molar-refractivity contribution is 6.33. The number of benzene rings is 2. The van der Waals surface area contributed by atoms with Crippen molar-refractivity contribution in [2.24, 2.45) is 0 Å². The number of nitro benzene ring substituents is 1. The molecule has 0 unspecified atom stereocenters. The Morgan fingerprint density at radius 1 is 1.19 bits per heavy atom. The first kappa shape index (κ1) is 14.7. The van der Waals surface area contributed by atoms with Crippen LogP contribution in [-0.4, -0.2) is 15.8 Å². The molecule has 0 spiro atoms. The molecule has 106 valence electrons. The summed E-state index contributed by atoms with van der Waals surface area (Å²) in [4.78, 5) is 22.0. The van der Waals surface area contributed by atoms with E-state index in [-0.39, 0.29) is 27.8 Å². The van der Waals surface area contributed by atoms with Crippen LogP contribution >= 0.6 is 11.6 Å². The summed E-state index contributed by atoms with van der Waals surface area (Å²) in [7, 11) is 0. The van der Waals surface area contributed by atoms with E-state index in [4.69, 9.17) is 16.7 Å². The van der Waals surface area contributed by atoms with Crippen molar-refractivity contribution in [3.05, 3.63) is 74.8 Å². The highest BCUT2D eigenvalue weighted by Gasteiger charge is 2.13. The van der Waals surface area contributed by atoms with Crippen molar-refractivity contribution in [2.45, 2.75) is 0 Å². The number of phenols is 1. The standard InChI is InChI=1S/C15H10ClNO4/c16-13-9-11(4-7-14(13)17(20)21)15(19)8-3-10-1-5-12(18)6-2-10/h1-9,18H. The number of ketones is 1. The van der Waals surface area contributed by atoms with E-state index in [2.05, 4.69) is 0 Å². The van der Waals surface area contributed by atoms with Crippen LogP contribution < -0.4 is 0 Å². The first-order valence-electron chi connectivity index (χ1n) is 5.93. The molecule has 0 saturated carbocycles. The van der Waals surface area contributed by atoms with E-state index in [9.17, 15) is 14.9 Å². The fraction of sp³-hybridized carbons (Fsp3) is 0. The number of carbonyl (C=O) groups is 1. The van der Waals surface area contributed by atoms with Gasteiger partial charge in [0.2, 0.25) is 0 Å². The molecule has 0 aromatic heterocycles. The molecule has 0 saturated heterocycles. The number of nitrogens with zero attached hydrogens (tertiary/aromatic N) is 1. The molecule has 0 bridgehead atoms. The molecular formula is C15H10ClNO4. The largest absolute Gasteiger partial charge is 0.508 e. The van der Waals surface area contributed by atoms with Crippen molar-refractivity contribution < 1.29 is 14.8 Å². The maximum Gasteiger partial charge on any atom is 0.287 e. The maximum atomic E-state index is 12.0. The molecule has 0 heterocycles. The third kappa shape index (κ3) is 3.67. The fourth-order valence-electron chi connectivity index (χ4n) is 1.66. The summed E-state index contributed by atoms with van der Waals surface area (Å²) >= 11 is 5.76. The summed E-state index contributed by atoms with van der Waals surface area (Å²) in [6, 6.07) is 10.1. The predicted octanol–water partition coefficient (Wildman–Crippen LogP) is 3.85. The topological polar surface area (TPSA) is 80.4 Å². The Bertz CT molecular complexity index is 723. The second-order valence-corrected chi connectivity index (χ2v) is 4.62. The van der Waals surface area contributed by atoms with Gasteiger partial charge in [0.05, 0.1) is 4.92 Å². The van der Waals surface area contributed by atoms with Crippen molar-refractivity contribution in [1.29, 1.82) is 0 Å². The molecule has 0 aliphatic carbocycles. The molecular weight excluding hydrogens is 294 g/mol. The summed E-state index contributed by atoms with van der Waals surface area (Å²) in [6.07, 6.45) is 2.92. The summed E-state index contributed by atoms with van der Waals surface area (Å²) in [5, 5.41) is 19.7. The lowest BCUT2D eigenvalue weighted by Gasteiger charge is -1.99. The number of hydrogen-bond acceptors (Lipinski definition) is 4. The molecule has 0 aliphatic rings. The number of allylic oxidation sites excluding steroid dienone is 1. The van der Waals surface area contributed by atoms with Gasteiger partial charge >= 0.3 is 0 Å². The van der Waals surface area contributed by atoms with Crippen LogP contribution in [0.5, 0.6) is 5.75 Å². The predicted molar refractivity (Wildman–Crippen MR) is 79.6 cm³/mol. The van der Waals surface area contributed by atoms with Gasteiger partial charge in [0.25, 0.3) is 5.69 Å². The third-order valence-electron chi connectivity index (χ3n) is 2.75. The zero-order valence-corrected chi connectivity index (χ0v) is 11.4. The summed E-state index contributed by atoms with van der Waals surface area (Å²) in [5.74, 6) is -0.180. The highest BCUT2D eigenvalue weighted by atomic mass is 35.5. The number of carbonyl (C=O) groups excluding carboxylic acids is 1. The van der Waals surface area contributed by atoms with Gasteiger partial charge in [-0.25, -0.2) is 0 Å². The van der Waals surface area contributed by atoms with Gasteiger partial charge in [-0.15, -0.1) is 0 Å². The van der Waals surface area contributed by atoms with E-state index in [0.717, 1.165) is 5.56 Å².